The summed E-state index contributed by atoms with van der Waals surface area (Å²) in [5.74, 6) is 0.153. The molecular formula is C13H21N3O3. The lowest BCUT2D eigenvalue weighted by atomic mass is 10.0. The molecule has 1 aromatic rings. The van der Waals surface area contributed by atoms with Crippen molar-refractivity contribution < 1.29 is 14.3 Å². The fraction of sp³-hybridized carbons (Fsp3) is 0.692. The number of anilines is 1. The van der Waals surface area contributed by atoms with Crippen LogP contribution in [0.1, 0.15) is 24.2 Å². The Morgan fingerprint density at radius 2 is 2.16 bits per heavy atom. The van der Waals surface area contributed by atoms with Crippen molar-refractivity contribution in [1.82, 2.24) is 9.78 Å². The van der Waals surface area contributed by atoms with Gasteiger partial charge in [0.15, 0.2) is 0 Å². The Bertz CT molecular complexity index is 450. The molecule has 1 aliphatic rings. The zero-order valence-electron chi connectivity index (χ0n) is 11.5. The zero-order valence-corrected chi connectivity index (χ0v) is 11.5. The van der Waals surface area contributed by atoms with E-state index in [4.69, 9.17) is 15.2 Å². The molecule has 2 N–H and O–H groups in total. The summed E-state index contributed by atoms with van der Waals surface area (Å²) in [6.45, 7) is 5.78. The number of aromatic nitrogens is 2. The molecule has 6 nitrogen and oxygen atoms in total. The van der Waals surface area contributed by atoms with Gasteiger partial charge in [-0.25, -0.2) is 0 Å². The van der Waals surface area contributed by atoms with Gasteiger partial charge in [-0.1, -0.05) is 0 Å². The number of nitrogens with zero attached hydrogens (tertiary/aromatic N) is 2. The van der Waals surface area contributed by atoms with Crippen LogP contribution >= 0.6 is 0 Å². The molecule has 106 valence electrons. The van der Waals surface area contributed by atoms with Gasteiger partial charge in [-0.15, -0.1) is 0 Å². The highest BCUT2D eigenvalue weighted by Gasteiger charge is 2.17. The van der Waals surface area contributed by atoms with Crippen molar-refractivity contribution in [3.8, 4) is 0 Å². The van der Waals surface area contributed by atoms with Gasteiger partial charge < -0.3 is 15.2 Å². The molecule has 0 amide bonds. The lowest BCUT2D eigenvalue weighted by Gasteiger charge is -2.21. The van der Waals surface area contributed by atoms with Crippen molar-refractivity contribution >= 4 is 11.7 Å². The number of esters is 1. The van der Waals surface area contributed by atoms with E-state index in [1.165, 1.54) is 0 Å². The minimum absolute atomic E-state index is 0.118. The van der Waals surface area contributed by atoms with Gasteiger partial charge in [0, 0.05) is 13.2 Å². The standard InChI is InChI=1S/C13H21N3O3/c1-9-13(14)10(2)16(15-9)7-12(17)19-8-11-3-5-18-6-4-11/h11H,3-8,14H2,1-2H3. The van der Waals surface area contributed by atoms with Crippen LogP contribution in [-0.4, -0.2) is 35.6 Å². The molecule has 0 atom stereocenters. The first-order valence-corrected chi connectivity index (χ1v) is 6.60. The Morgan fingerprint density at radius 1 is 1.47 bits per heavy atom. The van der Waals surface area contributed by atoms with Crippen molar-refractivity contribution in [1.29, 1.82) is 0 Å². The summed E-state index contributed by atoms with van der Waals surface area (Å²) in [7, 11) is 0. The Morgan fingerprint density at radius 3 is 2.74 bits per heavy atom. The summed E-state index contributed by atoms with van der Waals surface area (Å²) in [5.41, 5.74) is 8.01. The zero-order chi connectivity index (χ0) is 13.8. The first-order valence-electron chi connectivity index (χ1n) is 6.60. The summed E-state index contributed by atoms with van der Waals surface area (Å²) < 4.78 is 12.2. The highest BCUT2D eigenvalue weighted by atomic mass is 16.5. The monoisotopic (exact) mass is 267 g/mol. The molecule has 0 spiro atoms. The molecule has 2 rings (SSSR count). The first kappa shape index (κ1) is 13.9. The average molecular weight is 267 g/mol. The first-order chi connectivity index (χ1) is 9.08. The molecule has 2 heterocycles. The van der Waals surface area contributed by atoms with E-state index in [1.54, 1.807) is 4.68 Å². The van der Waals surface area contributed by atoms with E-state index in [2.05, 4.69) is 5.10 Å². The molecule has 1 aliphatic heterocycles. The molecule has 0 saturated carbocycles. The summed E-state index contributed by atoms with van der Waals surface area (Å²) in [5, 5.41) is 4.22. The van der Waals surface area contributed by atoms with Crippen LogP contribution in [0, 0.1) is 19.8 Å². The van der Waals surface area contributed by atoms with Gasteiger partial charge >= 0.3 is 5.97 Å². The fourth-order valence-corrected chi connectivity index (χ4v) is 2.16. The second-order valence-electron chi connectivity index (χ2n) is 4.98. The van der Waals surface area contributed by atoms with Crippen LogP contribution < -0.4 is 5.73 Å². The molecule has 1 fully saturated rings. The second-order valence-corrected chi connectivity index (χ2v) is 4.98. The lowest BCUT2D eigenvalue weighted by Crippen LogP contribution is -2.24. The topological polar surface area (TPSA) is 79.4 Å². The van der Waals surface area contributed by atoms with E-state index >= 15 is 0 Å². The number of carbonyl (C=O) groups is 1. The van der Waals surface area contributed by atoms with Crippen molar-refractivity contribution in [3.05, 3.63) is 11.4 Å². The highest BCUT2D eigenvalue weighted by Crippen LogP contribution is 2.16. The van der Waals surface area contributed by atoms with Gasteiger partial charge in [0.25, 0.3) is 0 Å². The van der Waals surface area contributed by atoms with Crippen molar-refractivity contribution in [2.75, 3.05) is 25.6 Å². The average Bonchev–Trinajstić information content (AvgIpc) is 2.65. The van der Waals surface area contributed by atoms with E-state index < -0.39 is 0 Å². The molecule has 0 aromatic carbocycles. The molecular weight excluding hydrogens is 246 g/mol. The lowest BCUT2D eigenvalue weighted by molar-refractivity contribution is -0.147. The quantitative estimate of drug-likeness (QED) is 0.825. The number of ether oxygens (including phenoxy) is 2. The Kier molecular flexibility index (Phi) is 4.42. The number of hydrogen-bond donors (Lipinski definition) is 1. The molecule has 0 unspecified atom stereocenters. The Labute approximate surface area is 112 Å². The number of hydrogen-bond acceptors (Lipinski definition) is 5. The number of nitrogens with two attached hydrogens (primary N) is 1. The van der Waals surface area contributed by atoms with Crippen LogP contribution in [0.25, 0.3) is 0 Å². The molecule has 6 heteroatoms. The predicted octanol–water partition coefficient (Wildman–Crippen LogP) is 1.05. The van der Waals surface area contributed by atoms with Gasteiger partial charge in [0.1, 0.15) is 6.54 Å². The van der Waals surface area contributed by atoms with E-state index in [0.717, 1.165) is 37.4 Å². The van der Waals surface area contributed by atoms with Crippen LogP contribution in [0.5, 0.6) is 0 Å². The molecule has 0 radical (unpaired) electrons. The largest absolute Gasteiger partial charge is 0.464 e. The van der Waals surface area contributed by atoms with Crippen LogP contribution in [-0.2, 0) is 20.8 Å². The van der Waals surface area contributed by atoms with E-state index in [1.807, 2.05) is 13.8 Å². The maximum absolute atomic E-state index is 11.8. The van der Waals surface area contributed by atoms with E-state index in [9.17, 15) is 4.79 Å². The van der Waals surface area contributed by atoms with Crippen LogP contribution in [0.15, 0.2) is 0 Å². The van der Waals surface area contributed by atoms with E-state index in [-0.39, 0.29) is 12.5 Å². The highest BCUT2D eigenvalue weighted by molar-refractivity contribution is 5.69. The van der Waals surface area contributed by atoms with Gasteiger partial charge in [-0.05, 0) is 32.6 Å². The maximum atomic E-state index is 11.8. The molecule has 0 bridgehead atoms. The fourth-order valence-electron chi connectivity index (χ4n) is 2.16. The minimum Gasteiger partial charge on any atom is -0.464 e. The smallest absolute Gasteiger partial charge is 0.327 e. The normalized spacial score (nSPS) is 16.5. The van der Waals surface area contributed by atoms with Crippen LogP contribution in [0.2, 0.25) is 0 Å². The Hall–Kier alpha value is -1.56. The number of carbonyl (C=O) groups excluding carboxylic acids is 1. The SMILES string of the molecule is Cc1nn(CC(=O)OCC2CCOCC2)c(C)c1N. The summed E-state index contributed by atoms with van der Waals surface area (Å²) in [6, 6.07) is 0. The van der Waals surface area contributed by atoms with E-state index in [0.29, 0.717) is 18.2 Å². The van der Waals surface area contributed by atoms with Crippen molar-refractivity contribution in [3.63, 3.8) is 0 Å². The third kappa shape index (κ3) is 3.47. The van der Waals surface area contributed by atoms with Crippen molar-refractivity contribution in [2.45, 2.75) is 33.2 Å². The summed E-state index contributed by atoms with van der Waals surface area (Å²) in [6.07, 6.45) is 1.92. The molecule has 0 aliphatic carbocycles. The number of aryl methyl sites for hydroxylation is 1. The summed E-state index contributed by atoms with van der Waals surface area (Å²) >= 11 is 0. The molecule has 1 aromatic heterocycles. The number of nitrogen functional groups attached to an aromatic ring is 1. The van der Waals surface area contributed by atoms with Crippen LogP contribution in [0.4, 0.5) is 5.69 Å². The van der Waals surface area contributed by atoms with Gasteiger partial charge in [0.05, 0.1) is 23.7 Å². The molecule has 1 saturated heterocycles. The third-order valence-corrected chi connectivity index (χ3v) is 3.54. The van der Waals surface area contributed by atoms with Crippen LogP contribution in [0.3, 0.4) is 0 Å². The Balaban J connectivity index is 1.82. The third-order valence-electron chi connectivity index (χ3n) is 3.54. The maximum Gasteiger partial charge on any atom is 0.327 e. The van der Waals surface area contributed by atoms with Gasteiger partial charge in [-0.3, -0.25) is 9.48 Å². The predicted molar refractivity (Wildman–Crippen MR) is 70.6 cm³/mol. The summed E-state index contributed by atoms with van der Waals surface area (Å²) in [4.78, 5) is 11.8. The van der Waals surface area contributed by atoms with Gasteiger partial charge in [-0.2, -0.15) is 5.10 Å². The second kappa shape index (κ2) is 6.06. The number of rotatable bonds is 4. The van der Waals surface area contributed by atoms with Gasteiger partial charge in [0.2, 0.25) is 0 Å². The minimum atomic E-state index is -0.267. The van der Waals surface area contributed by atoms with Crippen molar-refractivity contribution in [2.24, 2.45) is 5.92 Å². The molecule has 19 heavy (non-hydrogen) atoms.